The second-order valence-electron chi connectivity index (χ2n) is 1.23. The molecule has 0 saturated heterocycles. The molecule has 20 heavy (non-hydrogen) atoms. The van der Waals surface area contributed by atoms with Gasteiger partial charge in [-0.25, -0.2) is 0 Å². The van der Waals surface area contributed by atoms with E-state index in [0.717, 1.165) is 7.11 Å². The fraction of sp³-hybridized carbons (Fsp3) is 1.00. The number of hydrogen-bond donors (Lipinski definition) is 8. The van der Waals surface area contributed by atoms with E-state index in [1.807, 2.05) is 0 Å². The molecule has 0 aromatic carbocycles. The van der Waals surface area contributed by atoms with Gasteiger partial charge >= 0.3 is 9.28 Å². The number of aliphatic hydroxyl groups excluding tert-OH is 2. The molecule has 0 rings (SSSR count). The van der Waals surface area contributed by atoms with Gasteiger partial charge in [0.05, 0.1) is 0 Å². The van der Waals surface area contributed by atoms with Crippen LogP contribution in [-0.2, 0) is 0 Å². The maximum atomic E-state index is 7.75. The normalized spacial score (nSPS) is 4.80. The van der Waals surface area contributed by atoms with E-state index in [-0.39, 0.29) is 37.1 Å². The highest BCUT2D eigenvalue weighted by Gasteiger charge is 1.78. The number of halogens is 1. The van der Waals surface area contributed by atoms with Crippen LogP contribution in [0, 0.1) is 0 Å². The standard InChI is InChI=1S/C2H6O.CH6O2Si.CH4O.2CH4.FH.2H4O2Si.2H2O/c1-2-3;1-4(2)3;1-2;;;;2*1-3-2;;/h3H,2H2,1H3;2-4H,1H3;2H,1H3;2*1H4;1H;2*1-2H,3H2;2*1H2. The van der Waals surface area contributed by atoms with Gasteiger partial charge in [-0.3, -0.25) is 4.70 Å². The topological polar surface area (TPSA) is 225 Å². The second-order valence-corrected chi connectivity index (χ2v) is 3.06. The van der Waals surface area contributed by atoms with Crippen LogP contribution in [0.4, 0.5) is 4.70 Å². The van der Waals surface area contributed by atoms with Gasteiger partial charge in [0.25, 0.3) is 20.0 Å². The minimum atomic E-state index is -2.14. The largest absolute Gasteiger partial charge is 0.415 e. The molecule has 0 spiro atoms. The summed E-state index contributed by atoms with van der Waals surface area (Å²) in [6, 6.07) is 0. The molecule has 14 heteroatoms. The van der Waals surface area contributed by atoms with E-state index in [2.05, 4.69) is 0 Å². The summed E-state index contributed by atoms with van der Waals surface area (Å²) in [6.07, 6.45) is 0. The van der Waals surface area contributed by atoms with E-state index in [1.165, 1.54) is 6.55 Å². The molecule has 0 bridgehead atoms. The third kappa shape index (κ3) is 164000. The SMILES string of the molecule is C.C.CCO.CO.C[SiH](O)O.F.O.O.O[SiH2]O.O[SiH2]O. The smallest absolute Gasteiger partial charge is 0.312 e. The first-order valence-corrected chi connectivity index (χ1v) is 8.55. The Balaban J connectivity index is -0.00000000745. The Morgan fingerprint density at radius 2 is 0.850 bits per heavy atom. The Bertz CT molecular complexity index is 54.5. The lowest BCUT2D eigenvalue weighted by molar-refractivity contribution is 0.318. The summed E-state index contributed by atoms with van der Waals surface area (Å²) in [6.45, 7) is 3.35. The van der Waals surface area contributed by atoms with Gasteiger partial charge in [0, 0.05) is 13.7 Å². The molecule has 0 atom stereocenters. The van der Waals surface area contributed by atoms with Crippen LogP contribution in [0.15, 0.2) is 0 Å². The quantitative estimate of drug-likeness (QED) is 0.190. The molecule has 12 N–H and O–H groups in total. The van der Waals surface area contributed by atoms with Crippen LogP contribution in [-0.4, -0.2) is 93.0 Å². The molecule has 0 radical (unpaired) electrons. The van der Waals surface area contributed by atoms with Crippen LogP contribution in [0.1, 0.15) is 21.8 Å². The average molecular weight is 373 g/mol. The van der Waals surface area contributed by atoms with Gasteiger partial charge in [-0.15, -0.1) is 0 Å². The summed E-state index contributed by atoms with van der Waals surface area (Å²) in [4.78, 5) is 44.6. The molecule has 0 aromatic rings. The Morgan fingerprint density at radius 3 is 0.850 bits per heavy atom. The molecule has 10 nitrogen and oxygen atoms in total. The van der Waals surface area contributed by atoms with Crippen molar-refractivity contribution < 1.29 is 54.6 Å². The number of hydrogen-bond acceptors (Lipinski definition) is 8. The third-order valence-corrected chi connectivity index (χ3v) is 0. The Kier molecular flexibility index (Phi) is 594. The van der Waals surface area contributed by atoms with Crippen molar-refractivity contribution in [2.24, 2.45) is 0 Å². The third-order valence-electron chi connectivity index (χ3n) is 0. The molecule has 0 aromatic heterocycles. The van der Waals surface area contributed by atoms with Crippen molar-refractivity contribution in [1.82, 2.24) is 0 Å². The predicted molar refractivity (Wildman–Crippen MR) is 87.5 cm³/mol. The first-order chi connectivity index (χ1) is 6.97. The summed E-state index contributed by atoms with van der Waals surface area (Å²) in [5, 5.41) is 14.6. The summed E-state index contributed by atoms with van der Waals surface area (Å²) in [5.74, 6) is 0. The van der Waals surface area contributed by atoms with E-state index in [1.54, 1.807) is 6.92 Å². The van der Waals surface area contributed by atoms with Crippen molar-refractivity contribution in [3.8, 4) is 0 Å². The van der Waals surface area contributed by atoms with Crippen molar-refractivity contribution in [1.29, 1.82) is 0 Å². The van der Waals surface area contributed by atoms with Crippen molar-refractivity contribution in [2.45, 2.75) is 28.3 Å². The van der Waals surface area contributed by atoms with Crippen molar-refractivity contribution in [3.05, 3.63) is 0 Å². The van der Waals surface area contributed by atoms with Crippen molar-refractivity contribution >= 4 is 29.3 Å². The van der Waals surface area contributed by atoms with Crippen molar-refractivity contribution in [2.75, 3.05) is 13.7 Å². The van der Waals surface area contributed by atoms with Crippen LogP contribution < -0.4 is 0 Å². The molecule has 0 aliphatic carbocycles. The second kappa shape index (κ2) is 166. The highest BCUT2D eigenvalue weighted by atomic mass is 28.3. The lowest BCUT2D eigenvalue weighted by Crippen LogP contribution is -2.00. The van der Waals surface area contributed by atoms with Crippen LogP contribution >= 0.6 is 0 Å². The molecule has 0 amide bonds. The predicted octanol–water partition coefficient (Wildman–Crippen LogP) is -5.86. The van der Waals surface area contributed by atoms with Gasteiger partial charge in [0.1, 0.15) is 0 Å². The van der Waals surface area contributed by atoms with Gasteiger partial charge in [-0.2, -0.15) is 0 Å². The molecular weight excluding hydrogens is 335 g/mol. The minimum Gasteiger partial charge on any atom is -0.415 e. The fourth-order valence-corrected chi connectivity index (χ4v) is 0. The van der Waals surface area contributed by atoms with E-state index in [4.69, 9.17) is 39.0 Å². The first kappa shape index (κ1) is 71.6. The van der Waals surface area contributed by atoms with Crippen LogP contribution in [0.25, 0.3) is 0 Å². The van der Waals surface area contributed by atoms with E-state index < -0.39 is 29.3 Å². The molecule has 0 aliphatic rings. The van der Waals surface area contributed by atoms with E-state index >= 15 is 0 Å². The van der Waals surface area contributed by atoms with Gasteiger partial charge in [-0.05, 0) is 13.5 Å². The first-order valence-electron chi connectivity index (χ1n) is 3.83. The molecule has 0 saturated carbocycles. The fourth-order valence-electron chi connectivity index (χ4n) is 0. The Morgan fingerprint density at radius 1 is 0.850 bits per heavy atom. The average Bonchev–Trinajstić information content (AvgIpc) is 2.09. The molecule has 0 aliphatic heterocycles. The zero-order valence-corrected chi connectivity index (χ0v) is 14.7. The lowest BCUT2D eigenvalue weighted by atomic mass is 10.9. The number of aliphatic hydroxyl groups is 2. The zero-order valence-electron chi connectivity index (χ0n) is 10.7. The molecule has 0 fully saturated rings. The zero-order chi connectivity index (χ0) is 13.7. The maximum Gasteiger partial charge on any atom is 0.312 e. The van der Waals surface area contributed by atoms with Gasteiger partial charge < -0.3 is 49.9 Å². The van der Waals surface area contributed by atoms with Crippen LogP contribution in [0.3, 0.4) is 0 Å². The van der Waals surface area contributed by atoms with Gasteiger partial charge in [-0.1, -0.05) is 14.9 Å². The highest BCUT2D eigenvalue weighted by molar-refractivity contribution is 6.38. The lowest BCUT2D eigenvalue weighted by Gasteiger charge is -1.75. The van der Waals surface area contributed by atoms with Crippen LogP contribution in [0.5, 0.6) is 0 Å². The Labute approximate surface area is 127 Å². The van der Waals surface area contributed by atoms with E-state index in [9.17, 15) is 0 Å². The summed E-state index contributed by atoms with van der Waals surface area (Å²) in [7, 11) is -4.31. The molecular formula is C6H37FO10Si3. The summed E-state index contributed by atoms with van der Waals surface area (Å²) in [5.41, 5.74) is 0. The van der Waals surface area contributed by atoms with Crippen molar-refractivity contribution in [3.63, 3.8) is 0 Å². The van der Waals surface area contributed by atoms with Gasteiger partial charge in [0.15, 0.2) is 0 Å². The maximum absolute atomic E-state index is 7.75. The molecule has 0 unspecified atom stereocenters. The van der Waals surface area contributed by atoms with Gasteiger partial charge in [0.2, 0.25) is 0 Å². The number of rotatable bonds is 0. The summed E-state index contributed by atoms with van der Waals surface area (Å²) < 4.78 is 0. The Hall–Kier alpha value is 0.181. The molecule has 140 valence electrons. The monoisotopic (exact) mass is 372 g/mol. The van der Waals surface area contributed by atoms with Crippen LogP contribution in [0.2, 0.25) is 6.55 Å². The minimum absolute atomic E-state index is 0. The molecule has 0 heterocycles. The highest BCUT2D eigenvalue weighted by Crippen LogP contribution is 1.51. The summed E-state index contributed by atoms with van der Waals surface area (Å²) >= 11 is 0. The van der Waals surface area contributed by atoms with E-state index in [0.29, 0.717) is 0 Å².